The van der Waals surface area contributed by atoms with Crippen molar-refractivity contribution in [2.45, 2.75) is 11.3 Å². The molecule has 4 aromatic rings. The van der Waals surface area contributed by atoms with Gasteiger partial charge in [-0.1, -0.05) is 84.1 Å². The fourth-order valence-corrected chi connectivity index (χ4v) is 6.34. The summed E-state index contributed by atoms with van der Waals surface area (Å²) in [4.78, 5) is 36.3. The predicted molar refractivity (Wildman–Crippen MR) is 142 cm³/mol. The van der Waals surface area contributed by atoms with Crippen LogP contribution in [0.2, 0.25) is 0 Å². The third kappa shape index (κ3) is 3.10. The number of thiazole rings is 1. The van der Waals surface area contributed by atoms with Gasteiger partial charge in [0.1, 0.15) is 5.75 Å². The molecule has 8 nitrogen and oxygen atoms in total. The summed E-state index contributed by atoms with van der Waals surface area (Å²) < 4.78 is 7.24. The van der Waals surface area contributed by atoms with E-state index in [9.17, 15) is 9.59 Å². The summed E-state index contributed by atoms with van der Waals surface area (Å²) in [6.45, 7) is 0. The summed E-state index contributed by atoms with van der Waals surface area (Å²) in [7, 11) is 5.12. The average Bonchev–Trinajstić information content (AvgIpc) is 3.33. The number of amides is 2. The van der Waals surface area contributed by atoms with Crippen molar-refractivity contribution in [3.05, 3.63) is 121 Å². The zero-order chi connectivity index (χ0) is 25.8. The van der Waals surface area contributed by atoms with Crippen LogP contribution >= 0.6 is 11.3 Å². The van der Waals surface area contributed by atoms with Gasteiger partial charge in [-0.15, -0.1) is 0 Å². The van der Waals surface area contributed by atoms with Gasteiger partial charge in [-0.2, -0.15) is 4.68 Å². The minimum Gasteiger partial charge on any atom is -0.497 e. The molecule has 0 aliphatic carbocycles. The maximum absolute atomic E-state index is 13.7. The Labute approximate surface area is 217 Å². The monoisotopic (exact) mass is 511 g/mol. The Bertz CT molecular complexity index is 1670. The van der Waals surface area contributed by atoms with Crippen LogP contribution < -0.4 is 25.1 Å². The van der Waals surface area contributed by atoms with Gasteiger partial charge in [0.2, 0.25) is 16.1 Å². The van der Waals surface area contributed by atoms with Gasteiger partial charge in [-0.3, -0.25) is 20.0 Å². The first-order valence-electron chi connectivity index (χ1n) is 11.8. The van der Waals surface area contributed by atoms with E-state index < -0.39 is 11.3 Å². The molecule has 9 heteroatoms. The number of ether oxygens (including phenoxy) is 1. The lowest BCUT2D eigenvalue weighted by molar-refractivity contribution is 0.0648. The van der Waals surface area contributed by atoms with E-state index in [4.69, 9.17) is 9.73 Å². The van der Waals surface area contributed by atoms with Crippen LogP contribution in [0, 0.1) is 0 Å². The third-order valence-corrected chi connectivity index (χ3v) is 8.15. The largest absolute Gasteiger partial charge is 0.497 e. The molecule has 1 saturated heterocycles. The number of rotatable bonds is 4. The van der Waals surface area contributed by atoms with E-state index in [2.05, 4.69) is 5.43 Å². The molecule has 2 aliphatic rings. The molecule has 3 heterocycles. The predicted octanol–water partition coefficient (Wildman–Crippen LogP) is 2.63. The molecule has 0 unspecified atom stereocenters. The highest BCUT2D eigenvalue weighted by Gasteiger charge is 2.69. The van der Waals surface area contributed by atoms with Crippen LogP contribution in [0.25, 0.3) is 6.08 Å². The lowest BCUT2D eigenvalue weighted by atomic mass is 9.80. The number of nitrogens with one attached hydrogen (secondary N) is 1. The number of urea groups is 1. The van der Waals surface area contributed by atoms with Crippen LogP contribution in [-0.2, 0) is 11.3 Å². The van der Waals surface area contributed by atoms with Gasteiger partial charge in [0, 0.05) is 25.2 Å². The van der Waals surface area contributed by atoms with Crippen molar-refractivity contribution < 1.29 is 9.53 Å². The number of hydrogen-bond donors (Lipinski definition) is 1. The van der Waals surface area contributed by atoms with Crippen molar-refractivity contribution in [2.75, 3.05) is 26.6 Å². The van der Waals surface area contributed by atoms with Crippen molar-refractivity contribution in [3.63, 3.8) is 0 Å². The summed E-state index contributed by atoms with van der Waals surface area (Å²) in [5.74, 6) is 0.745. The molecule has 1 N–H and O–H groups in total. The van der Waals surface area contributed by atoms with Crippen LogP contribution in [0.15, 0.2) is 94.7 Å². The summed E-state index contributed by atoms with van der Waals surface area (Å²) >= 11 is 1.29. The van der Waals surface area contributed by atoms with Crippen molar-refractivity contribution in [2.24, 2.45) is 4.99 Å². The second kappa shape index (κ2) is 8.35. The molecule has 1 aromatic heterocycles. The number of likely N-dealkylation sites (N-methyl/N-ethyl adjacent to an activating group) is 2. The standard InChI is InChI=1S/C28H25N5O3S/c1-31-26(35)32(2)28(21-12-8-5-9-13-21)27(31,20-10-6-4-7-11-20)29-25-33(30-28)24(34)23(37-25)18-19-14-16-22(36-3)17-15-19/h4-18,30H,1-3H3/b23-18+/t27-,28-/m0/s1. The van der Waals surface area contributed by atoms with Gasteiger partial charge in [0.05, 0.1) is 11.6 Å². The summed E-state index contributed by atoms with van der Waals surface area (Å²) in [5.41, 5.74) is 3.41. The van der Waals surface area contributed by atoms with E-state index in [0.29, 0.717) is 9.33 Å². The Morgan fingerprint density at radius 2 is 1.49 bits per heavy atom. The maximum atomic E-state index is 13.7. The molecule has 3 aromatic carbocycles. The number of fused-ring (bicyclic) bond motifs is 2. The highest BCUT2D eigenvalue weighted by Crippen LogP contribution is 2.53. The second-order valence-corrected chi connectivity index (χ2v) is 10.1. The quantitative estimate of drug-likeness (QED) is 0.457. The minimum absolute atomic E-state index is 0.211. The van der Waals surface area contributed by atoms with E-state index in [-0.39, 0.29) is 11.6 Å². The fraction of sp³-hybridized carbons (Fsp3) is 0.179. The number of benzene rings is 3. The molecule has 186 valence electrons. The Kier molecular flexibility index (Phi) is 5.20. The smallest absolute Gasteiger partial charge is 0.324 e. The van der Waals surface area contributed by atoms with Crippen LogP contribution in [0.3, 0.4) is 0 Å². The number of nitrogens with zero attached hydrogens (tertiary/aromatic N) is 4. The number of methoxy groups -OCH3 is 1. The Hall–Kier alpha value is -4.37. The minimum atomic E-state index is -1.18. The normalized spacial score (nSPS) is 22.8. The number of hydrogen-bond acceptors (Lipinski definition) is 6. The Morgan fingerprint density at radius 3 is 2.11 bits per heavy atom. The summed E-state index contributed by atoms with van der Waals surface area (Å²) in [6.07, 6.45) is 1.84. The van der Waals surface area contributed by atoms with E-state index in [1.807, 2.05) is 91.0 Å². The van der Waals surface area contributed by atoms with Crippen LogP contribution in [0.5, 0.6) is 5.75 Å². The van der Waals surface area contributed by atoms with Crippen molar-refractivity contribution in [1.29, 1.82) is 0 Å². The van der Waals surface area contributed by atoms with E-state index in [0.717, 1.165) is 22.4 Å². The first-order valence-corrected chi connectivity index (χ1v) is 12.6. The molecule has 37 heavy (non-hydrogen) atoms. The molecule has 1 fully saturated rings. The molecule has 2 aliphatic heterocycles. The van der Waals surface area contributed by atoms with Crippen LogP contribution in [-0.4, -0.2) is 41.7 Å². The molecule has 2 amide bonds. The highest BCUT2D eigenvalue weighted by atomic mass is 32.1. The zero-order valence-electron chi connectivity index (χ0n) is 20.6. The van der Waals surface area contributed by atoms with Gasteiger partial charge in [-0.25, -0.2) is 9.79 Å². The van der Waals surface area contributed by atoms with Crippen molar-refractivity contribution >= 4 is 23.4 Å². The molecule has 0 bridgehead atoms. The van der Waals surface area contributed by atoms with Gasteiger partial charge >= 0.3 is 6.03 Å². The molecular weight excluding hydrogens is 486 g/mol. The van der Waals surface area contributed by atoms with Crippen LogP contribution in [0.1, 0.15) is 16.7 Å². The molecule has 0 saturated carbocycles. The van der Waals surface area contributed by atoms with Gasteiger partial charge in [-0.05, 0) is 23.8 Å². The van der Waals surface area contributed by atoms with Gasteiger partial charge in [0.15, 0.2) is 0 Å². The van der Waals surface area contributed by atoms with Crippen molar-refractivity contribution in [1.82, 2.24) is 14.5 Å². The van der Waals surface area contributed by atoms with E-state index in [1.165, 1.54) is 16.0 Å². The first kappa shape index (κ1) is 23.1. The van der Waals surface area contributed by atoms with Gasteiger partial charge < -0.3 is 4.74 Å². The van der Waals surface area contributed by atoms with Crippen molar-refractivity contribution in [3.8, 4) is 5.75 Å². The third-order valence-electron chi connectivity index (χ3n) is 7.19. The molecule has 0 radical (unpaired) electrons. The molecule has 2 atom stereocenters. The SMILES string of the molecule is COc1ccc(/C=c2/sc3n(c2=O)N[C@@]2(c4ccccc4)N(C)C(=O)N(C)[C@]2(c2ccccc2)N=3)cc1. The highest BCUT2D eigenvalue weighted by molar-refractivity contribution is 7.07. The molecule has 6 rings (SSSR count). The summed E-state index contributed by atoms with van der Waals surface area (Å²) in [5, 5.41) is 0. The zero-order valence-corrected chi connectivity index (χ0v) is 21.4. The Morgan fingerprint density at radius 1 is 0.865 bits per heavy atom. The van der Waals surface area contributed by atoms with E-state index in [1.54, 1.807) is 31.0 Å². The van der Waals surface area contributed by atoms with Gasteiger partial charge in [0.25, 0.3) is 5.56 Å². The number of carbonyl (C=O) groups excluding carboxylic acids is 1. The van der Waals surface area contributed by atoms with Crippen LogP contribution in [0.4, 0.5) is 4.79 Å². The lowest BCUT2D eigenvalue weighted by Gasteiger charge is -2.49. The Balaban J connectivity index is 1.67. The number of carbonyl (C=O) groups is 1. The van der Waals surface area contributed by atoms with E-state index >= 15 is 0 Å². The first-order chi connectivity index (χ1) is 17.9. The fourth-order valence-electron chi connectivity index (χ4n) is 5.37. The molecular formula is C28H25N5O3S. The molecule has 0 spiro atoms. The number of aromatic nitrogens is 1. The lowest BCUT2D eigenvalue weighted by Crippen LogP contribution is -2.67. The second-order valence-electron chi connectivity index (χ2n) is 9.05. The maximum Gasteiger partial charge on any atom is 0.324 e. The topological polar surface area (TPSA) is 79.2 Å². The average molecular weight is 512 g/mol. The summed E-state index contributed by atoms with van der Waals surface area (Å²) in [6, 6.07) is 26.7.